The molecule has 0 amide bonds. The van der Waals surface area contributed by atoms with Gasteiger partial charge in [0, 0.05) is 17.2 Å². The Morgan fingerprint density at radius 2 is 1.41 bits per heavy atom. The Morgan fingerprint density at radius 3 is 1.91 bits per heavy atom. The van der Waals surface area contributed by atoms with Crippen LogP contribution in [0.15, 0.2) is 46.8 Å². The molecular weight excluding hydrogens is 312 g/mol. The molecule has 0 saturated heterocycles. The number of carbonyl (C=O) groups excluding carboxylic acids is 2. The average molecular weight is 322 g/mol. The lowest BCUT2D eigenvalue weighted by atomic mass is 9.70. The highest BCUT2D eigenvalue weighted by molar-refractivity contribution is 7.90. The van der Waals surface area contributed by atoms with Crippen molar-refractivity contribution >= 4 is 21.7 Å². The van der Waals surface area contributed by atoms with Gasteiger partial charge >= 0.3 is 0 Å². The smallest absolute Gasteiger partial charge is 0.298 e. The van der Waals surface area contributed by atoms with Crippen LogP contribution in [0, 0.1) is 11.8 Å². The van der Waals surface area contributed by atoms with Crippen LogP contribution in [0.5, 0.6) is 0 Å². The fourth-order valence-electron chi connectivity index (χ4n) is 2.80. The largest absolute Gasteiger partial charge is 0.511 e. The Morgan fingerprint density at radius 1 is 0.909 bits per heavy atom. The molecule has 0 fully saturated rings. The molecule has 0 saturated carbocycles. The minimum absolute atomic E-state index is 0.0321. The van der Waals surface area contributed by atoms with Crippen LogP contribution < -0.4 is 0 Å². The molecular formula is C14H10O7S. The van der Waals surface area contributed by atoms with Gasteiger partial charge in [-0.3, -0.25) is 14.1 Å². The number of benzene rings is 1. The Labute approximate surface area is 125 Å². The second-order valence-electron chi connectivity index (χ2n) is 5.02. The van der Waals surface area contributed by atoms with Crippen molar-refractivity contribution in [1.82, 2.24) is 0 Å². The van der Waals surface area contributed by atoms with E-state index in [9.17, 15) is 28.2 Å². The number of hydrogen-bond donors (Lipinski definition) is 3. The van der Waals surface area contributed by atoms with E-state index in [1.165, 1.54) is 18.2 Å². The van der Waals surface area contributed by atoms with Crippen LogP contribution in [0.3, 0.4) is 0 Å². The molecule has 0 radical (unpaired) electrons. The van der Waals surface area contributed by atoms with Crippen molar-refractivity contribution in [3.05, 3.63) is 57.9 Å². The Balaban J connectivity index is 2.28. The van der Waals surface area contributed by atoms with E-state index in [1.54, 1.807) is 6.07 Å². The molecule has 2 aliphatic rings. The summed E-state index contributed by atoms with van der Waals surface area (Å²) in [6.07, 6.45) is 0.588. The molecule has 2 unspecified atom stereocenters. The first-order valence-electron chi connectivity index (χ1n) is 6.22. The summed E-state index contributed by atoms with van der Waals surface area (Å²) >= 11 is 0. The zero-order valence-corrected chi connectivity index (χ0v) is 11.7. The number of rotatable bonds is 1. The maximum absolute atomic E-state index is 12.5. The maximum Gasteiger partial charge on any atom is 0.298 e. The quantitative estimate of drug-likeness (QED) is 0.667. The molecule has 114 valence electrons. The van der Waals surface area contributed by atoms with Gasteiger partial charge in [0.25, 0.3) is 10.1 Å². The fourth-order valence-corrected chi connectivity index (χ4v) is 3.46. The number of allylic oxidation sites excluding steroid dienone is 3. The van der Waals surface area contributed by atoms with Crippen molar-refractivity contribution in [1.29, 1.82) is 0 Å². The summed E-state index contributed by atoms with van der Waals surface area (Å²) in [5.74, 6) is -5.90. The number of ketones is 2. The molecule has 0 heterocycles. The van der Waals surface area contributed by atoms with E-state index in [0.29, 0.717) is 6.08 Å². The van der Waals surface area contributed by atoms with Crippen LogP contribution in [0.4, 0.5) is 0 Å². The van der Waals surface area contributed by atoms with Crippen LogP contribution in [0.25, 0.3) is 0 Å². The van der Waals surface area contributed by atoms with Crippen LogP contribution in [0.2, 0.25) is 0 Å². The minimum atomic E-state index is -4.85. The average Bonchev–Trinajstić information content (AvgIpc) is 2.45. The Kier molecular flexibility index (Phi) is 2.98. The summed E-state index contributed by atoms with van der Waals surface area (Å²) in [5, 5.41) is 20.0. The number of fused-ring (bicyclic) bond motifs is 2. The maximum atomic E-state index is 12.5. The minimum Gasteiger partial charge on any atom is -0.511 e. The zero-order valence-electron chi connectivity index (χ0n) is 10.9. The number of hydrogen-bond acceptors (Lipinski definition) is 6. The van der Waals surface area contributed by atoms with E-state index >= 15 is 0 Å². The third kappa shape index (κ3) is 1.88. The van der Waals surface area contributed by atoms with Crippen molar-refractivity contribution in [2.45, 2.75) is 0 Å². The van der Waals surface area contributed by atoms with E-state index in [0.717, 1.165) is 0 Å². The highest BCUT2D eigenvalue weighted by Crippen LogP contribution is 2.42. The Hall–Kier alpha value is -2.45. The van der Waals surface area contributed by atoms with E-state index < -0.39 is 49.9 Å². The molecule has 2 aliphatic carbocycles. The fraction of sp³-hybridized carbons (Fsp3) is 0.143. The topological polar surface area (TPSA) is 129 Å². The van der Waals surface area contributed by atoms with E-state index in [2.05, 4.69) is 0 Å². The molecule has 8 heteroatoms. The lowest BCUT2D eigenvalue weighted by molar-refractivity contribution is 0.0707. The van der Waals surface area contributed by atoms with Crippen LogP contribution in [0.1, 0.15) is 20.7 Å². The monoisotopic (exact) mass is 322 g/mol. The van der Waals surface area contributed by atoms with Gasteiger partial charge in [-0.25, -0.2) is 0 Å². The van der Waals surface area contributed by atoms with Gasteiger partial charge in [-0.15, -0.1) is 0 Å². The molecule has 1 aromatic carbocycles. The summed E-state index contributed by atoms with van der Waals surface area (Å²) in [6, 6.07) is 5.86. The number of aliphatic hydroxyl groups is 2. The molecule has 0 aromatic heterocycles. The molecule has 22 heavy (non-hydrogen) atoms. The SMILES string of the molecule is O=C1c2ccccc2C(=O)C2C(O)=C(S(=O)(=O)O)C=C(O)C12. The van der Waals surface area contributed by atoms with Crippen LogP contribution in [-0.4, -0.2) is 34.8 Å². The number of carbonyl (C=O) groups is 2. The standard InChI is InChI=1S/C14H10O7S/c15-8-5-9(22(19,20)21)14(18)11-10(8)12(16)6-3-1-2-4-7(6)13(11)17/h1-5,10-11,15,18H,(H,19,20,21). The van der Waals surface area contributed by atoms with Crippen molar-refractivity contribution in [3.8, 4) is 0 Å². The lowest BCUT2D eigenvalue weighted by Crippen LogP contribution is -2.41. The molecule has 0 aliphatic heterocycles. The summed E-state index contributed by atoms with van der Waals surface area (Å²) in [4.78, 5) is 23.9. The van der Waals surface area contributed by atoms with E-state index in [-0.39, 0.29) is 11.1 Å². The highest BCUT2D eigenvalue weighted by Gasteiger charge is 2.49. The van der Waals surface area contributed by atoms with E-state index in [4.69, 9.17) is 4.55 Å². The molecule has 3 N–H and O–H groups in total. The van der Waals surface area contributed by atoms with Crippen molar-refractivity contribution in [2.24, 2.45) is 11.8 Å². The third-order valence-electron chi connectivity index (χ3n) is 3.78. The first-order chi connectivity index (χ1) is 10.2. The molecule has 3 rings (SSSR count). The van der Waals surface area contributed by atoms with Crippen molar-refractivity contribution in [2.75, 3.05) is 0 Å². The third-order valence-corrected chi connectivity index (χ3v) is 4.66. The zero-order chi connectivity index (χ0) is 16.2. The highest BCUT2D eigenvalue weighted by atomic mass is 32.2. The molecule has 2 atom stereocenters. The molecule has 1 aromatic rings. The van der Waals surface area contributed by atoms with Gasteiger partial charge in [-0.05, 0) is 0 Å². The summed E-state index contributed by atoms with van der Waals surface area (Å²) in [7, 11) is -4.85. The summed E-state index contributed by atoms with van der Waals surface area (Å²) in [5.41, 5.74) is 0.126. The second kappa shape index (κ2) is 4.52. The normalized spacial score (nSPS) is 24.7. The van der Waals surface area contributed by atoms with Gasteiger partial charge in [0.1, 0.15) is 16.4 Å². The van der Waals surface area contributed by atoms with Gasteiger partial charge in [0.2, 0.25) is 0 Å². The van der Waals surface area contributed by atoms with Gasteiger partial charge in [-0.1, -0.05) is 24.3 Å². The predicted octanol–water partition coefficient (Wildman–Crippen LogP) is 1.41. The Bertz CT molecular complexity index is 876. The molecule has 0 bridgehead atoms. The predicted molar refractivity (Wildman–Crippen MR) is 74.0 cm³/mol. The summed E-state index contributed by atoms with van der Waals surface area (Å²) < 4.78 is 31.5. The number of aliphatic hydroxyl groups excluding tert-OH is 2. The molecule has 7 nitrogen and oxygen atoms in total. The number of Topliss-reactive ketones (excluding diaryl/α,β-unsaturated/α-hetero) is 2. The van der Waals surface area contributed by atoms with Gasteiger partial charge in [0.05, 0.1) is 11.8 Å². The second-order valence-corrected chi connectivity index (χ2v) is 6.41. The van der Waals surface area contributed by atoms with E-state index in [1.807, 2.05) is 0 Å². The van der Waals surface area contributed by atoms with Gasteiger partial charge in [0.15, 0.2) is 11.6 Å². The molecule has 0 spiro atoms. The first kappa shape index (κ1) is 14.5. The van der Waals surface area contributed by atoms with Crippen molar-refractivity contribution in [3.63, 3.8) is 0 Å². The first-order valence-corrected chi connectivity index (χ1v) is 7.66. The van der Waals surface area contributed by atoms with Crippen LogP contribution in [-0.2, 0) is 10.1 Å². The summed E-state index contributed by atoms with van der Waals surface area (Å²) in [6.45, 7) is 0. The van der Waals surface area contributed by atoms with Crippen molar-refractivity contribution < 1.29 is 32.8 Å². The van der Waals surface area contributed by atoms with Gasteiger partial charge in [-0.2, -0.15) is 8.42 Å². The lowest BCUT2D eigenvalue weighted by Gasteiger charge is -2.32. The van der Waals surface area contributed by atoms with Crippen LogP contribution >= 0.6 is 0 Å². The van der Waals surface area contributed by atoms with Gasteiger partial charge < -0.3 is 10.2 Å².